The number of benzene rings is 1. The Balaban J connectivity index is 3.26. The number of halogens is 1. The van der Waals surface area contributed by atoms with Crippen LogP contribution in [0.25, 0.3) is 0 Å². The fourth-order valence-corrected chi connectivity index (χ4v) is 1.41. The summed E-state index contributed by atoms with van der Waals surface area (Å²) in [4.78, 5) is 0. The van der Waals surface area contributed by atoms with Gasteiger partial charge in [0.2, 0.25) is 0 Å². The van der Waals surface area contributed by atoms with Crippen LogP contribution >= 0.6 is 15.9 Å². The van der Waals surface area contributed by atoms with E-state index < -0.39 is 0 Å². The van der Waals surface area contributed by atoms with E-state index in [-0.39, 0.29) is 6.42 Å². The zero-order valence-corrected chi connectivity index (χ0v) is 8.30. The number of nitriles is 2. The molecule has 2 N–H and O–H groups in total. The third kappa shape index (κ3) is 1.99. The van der Waals surface area contributed by atoms with Gasteiger partial charge in [-0.1, -0.05) is 0 Å². The lowest BCUT2D eigenvalue weighted by molar-refractivity contribution is 1.25. The summed E-state index contributed by atoms with van der Waals surface area (Å²) in [6, 6.07) is 7.27. The monoisotopic (exact) mass is 235 g/mol. The average molecular weight is 236 g/mol. The number of nitrogen functional groups attached to an aromatic ring is 1. The van der Waals surface area contributed by atoms with Gasteiger partial charge in [0, 0.05) is 10.2 Å². The molecule has 0 saturated carbocycles. The topological polar surface area (TPSA) is 73.6 Å². The minimum absolute atomic E-state index is 0.230. The highest BCUT2D eigenvalue weighted by Gasteiger charge is 2.04. The predicted molar refractivity (Wildman–Crippen MR) is 52.6 cm³/mol. The first-order valence-corrected chi connectivity index (χ1v) is 4.33. The number of hydrogen-bond acceptors (Lipinski definition) is 3. The van der Waals surface area contributed by atoms with Gasteiger partial charge in [-0.2, -0.15) is 10.5 Å². The minimum atomic E-state index is 0.230. The molecule has 0 heterocycles. The van der Waals surface area contributed by atoms with Crippen molar-refractivity contribution >= 4 is 21.6 Å². The summed E-state index contributed by atoms with van der Waals surface area (Å²) in [6.07, 6.45) is 0.230. The molecule has 0 aliphatic carbocycles. The van der Waals surface area contributed by atoms with E-state index >= 15 is 0 Å². The first-order valence-electron chi connectivity index (χ1n) is 3.54. The van der Waals surface area contributed by atoms with E-state index in [2.05, 4.69) is 15.9 Å². The fraction of sp³-hybridized carbons (Fsp3) is 0.111. The third-order valence-corrected chi connectivity index (χ3v) is 2.27. The van der Waals surface area contributed by atoms with Crippen LogP contribution in [-0.2, 0) is 6.42 Å². The fourth-order valence-electron chi connectivity index (χ4n) is 0.957. The number of rotatable bonds is 1. The lowest BCUT2D eigenvalue weighted by Crippen LogP contribution is -1.95. The summed E-state index contributed by atoms with van der Waals surface area (Å²) in [5.74, 6) is 0. The molecule has 0 saturated heterocycles. The molecule has 1 rings (SSSR count). The molecular formula is C9H6BrN3. The summed E-state index contributed by atoms with van der Waals surface area (Å²) in [7, 11) is 0. The Hall–Kier alpha value is -1.52. The molecular weight excluding hydrogens is 230 g/mol. The van der Waals surface area contributed by atoms with E-state index in [4.69, 9.17) is 16.3 Å². The molecule has 0 unspecified atom stereocenters. The number of nitrogens with two attached hydrogens (primary N) is 1. The van der Waals surface area contributed by atoms with Crippen LogP contribution in [0.15, 0.2) is 16.6 Å². The SMILES string of the molecule is N#CCc1cc(C#N)c(Br)cc1N. The Labute approximate surface area is 84.5 Å². The number of nitrogens with zero attached hydrogens (tertiary/aromatic N) is 2. The Kier molecular flexibility index (Phi) is 2.89. The smallest absolute Gasteiger partial charge is 0.100 e. The second-order valence-electron chi connectivity index (χ2n) is 2.48. The first-order chi connectivity index (χ1) is 6.19. The van der Waals surface area contributed by atoms with E-state index in [0.29, 0.717) is 21.3 Å². The van der Waals surface area contributed by atoms with Gasteiger partial charge in [0.05, 0.1) is 18.1 Å². The van der Waals surface area contributed by atoms with E-state index in [1.807, 2.05) is 12.1 Å². The molecule has 0 atom stereocenters. The highest BCUT2D eigenvalue weighted by Crippen LogP contribution is 2.23. The highest BCUT2D eigenvalue weighted by molar-refractivity contribution is 9.10. The van der Waals surface area contributed by atoms with Crippen LogP contribution in [0, 0.1) is 22.7 Å². The summed E-state index contributed by atoms with van der Waals surface area (Å²) in [6.45, 7) is 0. The standard InChI is InChI=1S/C9H6BrN3/c10-8-4-9(13)6(1-2-11)3-7(8)5-12/h3-4H,1,13H2. The second kappa shape index (κ2) is 3.93. The summed E-state index contributed by atoms with van der Waals surface area (Å²) < 4.78 is 0.661. The lowest BCUT2D eigenvalue weighted by atomic mass is 10.1. The Morgan fingerprint density at radius 3 is 2.62 bits per heavy atom. The second-order valence-corrected chi connectivity index (χ2v) is 3.33. The Morgan fingerprint density at radius 1 is 1.38 bits per heavy atom. The molecule has 64 valence electrons. The van der Waals surface area contributed by atoms with E-state index in [1.165, 1.54) is 0 Å². The quantitative estimate of drug-likeness (QED) is 0.757. The molecule has 0 aliphatic heterocycles. The van der Waals surface area contributed by atoms with Gasteiger partial charge < -0.3 is 5.73 Å². The molecule has 4 heteroatoms. The molecule has 0 bridgehead atoms. The molecule has 0 amide bonds. The van der Waals surface area contributed by atoms with Crippen LogP contribution in [0.5, 0.6) is 0 Å². The minimum Gasteiger partial charge on any atom is -0.398 e. The maximum absolute atomic E-state index is 8.70. The lowest BCUT2D eigenvalue weighted by Gasteiger charge is -2.03. The Bertz CT molecular complexity index is 412. The molecule has 0 aliphatic rings. The van der Waals surface area contributed by atoms with Crippen molar-refractivity contribution in [3.8, 4) is 12.1 Å². The summed E-state index contributed by atoms with van der Waals surface area (Å²) >= 11 is 3.21. The van der Waals surface area contributed by atoms with Gasteiger partial charge in [-0.15, -0.1) is 0 Å². The normalized spacial score (nSPS) is 8.85. The van der Waals surface area contributed by atoms with Crippen LogP contribution in [0.1, 0.15) is 11.1 Å². The van der Waals surface area contributed by atoms with Crippen molar-refractivity contribution in [3.63, 3.8) is 0 Å². The molecule has 0 spiro atoms. The van der Waals surface area contributed by atoms with Gasteiger partial charge in [0.1, 0.15) is 6.07 Å². The van der Waals surface area contributed by atoms with Gasteiger partial charge in [-0.25, -0.2) is 0 Å². The molecule has 0 aromatic heterocycles. The number of anilines is 1. The van der Waals surface area contributed by atoms with E-state index in [1.54, 1.807) is 12.1 Å². The van der Waals surface area contributed by atoms with Crippen molar-refractivity contribution in [1.82, 2.24) is 0 Å². The highest BCUT2D eigenvalue weighted by atomic mass is 79.9. The molecule has 0 fully saturated rings. The van der Waals surface area contributed by atoms with Gasteiger partial charge in [0.25, 0.3) is 0 Å². The van der Waals surface area contributed by atoms with Crippen LogP contribution < -0.4 is 5.73 Å². The predicted octanol–water partition coefficient (Wildman–Crippen LogP) is 1.97. The van der Waals surface area contributed by atoms with Crippen LogP contribution in [-0.4, -0.2) is 0 Å². The molecule has 3 nitrogen and oxygen atoms in total. The Morgan fingerprint density at radius 2 is 2.08 bits per heavy atom. The van der Waals surface area contributed by atoms with Crippen molar-refractivity contribution in [3.05, 3.63) is 27.7 Å². The molecule has 1 aromatic rings. The van der Waals surface area contributed by atoms with E-state index in [9.17, 15) is 0 Å². The maximum atomic E-state index is 8.70. The summed E-state index contributed by atoms with van der Waals surface area (Å²) in [5, 5.41) is 17.2. The van der Waals surface area contributed by atoms with Crippen molar-refractivity contribution < 1.29 is 0 Å². The zero-order valence-electron chi connectivity index (χ0n) is 6.71. The van der Waals surface area contributed by atoms with Gasteiger partial charge in [0.15, 0.2) is 0 Å². The molecule has 13 heavy (non-hydrogen) atoms. The van der Waals surface area contributed by atoms with E-state index in [0.717, 1.165) is 0 Å². The van der Waals surface area contributed by atoms with Crippen LogP contribution in [0.3, 0.4) is 0 Å². The van der Waals surface area contributed by atoms with Gasteiger partial charge in [-0.05, 0) is 33.6 Å². The van der Waals surface area contributed by atoms with Gasteiger partial charge >= 0.3 is 0 Å². The summed E-state index contributed by atoms with van der Waals surface area (Å²) in [5.41, 5.74) is 7.37. The van der Waals surface area contributed by atoms with Crippen molar-refractivity contribution in [2.24, 2.45) is 0 Å². The average Bonchev–Trinajstić information content (AvgIpc) is 2.10. The van der Waals surface area contributed by atoms with Crippen molar-refractivity contribution in [2.45, 2.75) is 6.42 Å². The zero-order chi connectivity index (χ0) is 9.84. The molecule has 1 aromatic carbocycles. The van der Waals surface area contributed by atoms with Gasteiger partial charge in [-0.3, -0.25) is 0 Å². The largest absolute Gasteiger partial charge is 0.398 e. The number of hydrogen-bond donors (Lipinski definition) is 1. The van der Waals surface area contributed by atoms with Crippen LogP contribution in [0.4, 0.5) is 5.69 Å². The maximum Gasteiger partial charge on any atom is 0.100 e. The van der Waals surface area contributed by atoms with Crippen molar-refractivity contribution in [1.29, 1.82) is 10.5 Å². The third-order valence-electron chi connectivity index (χ3n) is 1.62. The first kappa shape index (κ1) is 9.57. The molecule has 0 radical (unpaired) electrons. The van der Waals surface area contributed by atoms with Crippen LogP contribution in [0.2, 0.25) is 0 Å². The van der Waals surface area contributed by atoms with Crippen molar-refractivity contribution in [2.75, 3.05) is 5.73 Å².